The van der Waals surface area contributed by atoms with E-state index in [4.69, 9.17) is 0 Å². The Balaban J connectivity index is 4.25. The largest absolute Gasteiger partial charge is 0.451 e. The van der Waals surface area contributed by atoms with E-state index in [0.29, 0.717) is 0 Å². The summed E-state index contributed by atoms with van der Waals surface area (Å²) in [5, 5.41) is 0. The van der Waals surface area contributed by atoms with Crippen molar-refractivity contribution in [1.82, 2.24) is 0 Å². The summed E-state index contributed by atoms with van der Waals surface area (Å²) >= 11 is 0. The highest BCUT2D eigenvalue weighted by Gasteiger charge is 3.12. The summed E-state index contributed by atoms with van der Waals surface area (Å²) < 4.78 is 231. The fraction of sp³-hybridized carbons (Fsp3) is 1.00. The average molecular weight is 466 g/mol. The molecule has 0 bridgehead atoms. The van der Waals surface area contributed by atoms with Crippen molar-refractivity contribution in [3.63, 3.8) is 0 Å². The van der Waals surface area contributed by atoms with Gasteiger partial charge < -0.3 is 4.74 Å². The first-order chi connectivity index (χ1) is 11.7. The molecule has 1 saturated heterocycles. The van der Waals surface area contributed by atoms with E-state index in [0.717, 1.165) is 0 Å². The lowest BCUT2D eigenvalue weighted by atomic mass is 9.71. The monoisotopic (exact) mass is 466 g/mol. The minimum Gasteiger partial charge on any atom is -0.315 e. The quantitative estimate of drug-likeness (QED) is 0.379. The van der Waals surface area contributed by atoms with Crippen LogP contribution in [0.1, 0.15) is 0 Å². The average Bonchev–Trinajstić information content (AvgIpc) is 3.00. The number of rotatable bonds is 2. The molecule has 1 rings (SSSR count). The number of halogens is 18. The van der Waals surface area contributed by atoms with Gasteiger partial charge in [-0.1, -0.05) is 0 Å². The molecular formula is C9F18O. The van der Waals surface area contributed by atoms with Crippen LogP contribution < -0.4 is 0 Å². The molecule has 0 aromatic heterocycles. The van der Waals surface area contributed by atoms with Gasteiger partial charge in [-0.15, -0.1) is 0 Å². The molecule has 0 aliphatic carbocycles. The van der Waals surface area contributed by atoms with Crippen molar-refractivity contribution in [2.45, 2.75) is 53.7 Å². The third-order valence-corrected chi connectivity index (χ3v) is 3.60. The van der Waals surface area contributed by atoms with Crippen LogP contribution in [0.25, 0.3) is 0 Å². The molecular weight excluding hydrogens is 466 g/mol. The third-order valence-electron chi connectivity index (χ3n) is 3.60. The first kappa shape index (κ1) is 24.7. The van der Waals surface area contributed by atoms with Gasteiger partial charge in [0.05, 0.1) is 0 Å². The van der Waals surface area contributed by atoms with Gasteiger partial charge in [0.25, 0.3) is 0 Å². The number of alkyl halides is 18. The summed E-state index contributed by atoms with van der Waals surface area (Å²) in [5.41, 5.74) is -24.8. The van der Waals surface area contributed by atoms with E-state index in [1.54, 1.807) is 0 Å². The maximum atomic E-state index is 13.9. The fourth-order valence-electron chi connectivity index (χ4n) is 2.38. The Morgan fingerprint density at radius 3 is 0.750 bits per heavy atom. The van der Waals surface area contributed by atoms with Gasteiger partial charge in [-0.05, 0) is 0 Å². The summed E-state index contributed by atoms with van der Waals surface area (Å²) in [6, 6.07) is 0. The van der Waals surface area contributed by atoms with Gasteiger partial charge in [-0.3, -0.25) is 0 Å². The molecule has 1 aliphatic heterocycles. The van der Waals surface area contributed by atoms with Crippen LogP contribution in [0, 0.1) is 0 Å². The topological polar surface area (TPSA) is 12.5 Å². The van der Waals surface area contributed by atoms with E-state index in [-0.39, 0.29) is 0 Å². The SMILES string of the molecule is FC(F)(F)C1(F)OC1(C(F)(C(F)(F)F)C(F)(F)F)C(F)(C(F)(F)F)C(F)(F)F. The van der Waals surface area contributed by atoms with E-state index < -0.39 is 53.7 Å². The minimum absolute atomic E-state index is 1.87. The highest BCUT2D eigenvalue weighted by molar-refractivity contribution is 5.37. The van der Waals surface area contributed by atoms with Crippen LogP contribution in [0.4, 0.5) is 79.0 Å². The van der Waals surface area contributed by atoms with E-state index in [2.05, 4.69) is 0 Å². The van der Waals surface area contributed by atoms with Crippen LogP contribution >= 0.6 is 0 Å². The van der Waals surface area contributed by atoms with E-state index >= 15 is 0 Å². The van der Waals surface area contributed by atoms with E-state index in [1.807, 2.05) is 4.74 Å². The predicted octanol–water partition coefficient (Wildman–Crippen LogP) is 5.65. The zero-order chi connectivity index (χ0) is 23.2. The van der Waals surface area contributed by atoms with Crippen molar-refractivity contribution >= 4 is 0 Å². The fourth-order valence-corrected chi connectivity index (χ4v) is 2.38. The first-order valence-electron chi connectivity index (χ1n) is 5.81. The van der Waals surface area contributed by atoms with Crippen molar-refractivity contribution in [3.8, 4) is 0 Å². The molecule has 28 heavy (non-hydrogen) atoms. The number of ether oxygens (including phenoxy) is 1. The molecule has 0 spiro atoms. The summed E-state index contributed by atoms with van der Waals surface area (Å²) in [5.74, 6) is -7.33. The number of hydrogen-bond acceptors (Lipinski definition) is 1. The molecule has 1 unspecified atom stereocenters. The van der Waals surface area contributed by atoms with Crippen molar-refractivity contribution in [2.24, 2.45) is 0 Å². The zero-order valence-corrected chi connectivity index (χ0v) is 11.7. The highest BCUT2D eigenvalue weighted by Crippen LogP contribution is 2.78. The van der Waals surface area contributed by atoms with E-state index in [9.17, 15) is 79.0 Å². The molecule has 1 aliphatic rings. The van der Waals surface area contributed by atoms with Crippen molar-refractivity contribution in [2.75, 3.05) is 0 Å². The van der Waals surface area contributed by atoms with Crippen LogP contribution in [-0.2, 0) is 4.74 Å². The van der Waals surface area contributed by atoms with Gasteiger partial charge in [0.1, 0.15) is 0 Å². The summed E-state index contributed by atoms with van der Waals surface area (Å²) in [6.45, 7) is 0. The molecule has 0 N–H and O–H groups in total. The lowest BCUT2D eigenvalue weighted by Crippen LogP contribution is -2.78. The second kappa shape index (κ2) is 5.44. The molecule has 0 aromatic rings. The standard InChI is InChI=1S/C9F18O/c10-1(5(13,14)15,6(16,17)18)3(4(12,28-3)9(25,26)27)2(11,7(19,20)21)8(22,23)24. The Morgan fingerprint density at radius 2 is 0.643 bits per heavy atom. The second-order valence-corrected chi connectivity index (χ2v) is 5.18. The Bertz CT molecular complexity index is 547. The summed E-state index contributed by atoms with van der Waals surface area (Å²) in [7, 11) is 0. The highest BCUT2D eigenvalue weighted by atomic mass is 19.4. The second-order valence-electron chi connectivity index (χ2n) is 5.18. The Morgan fingerprint density at radius 1 is 0.429 bits per heavy atom. The zero-order valence-electron chi connectivity index (χ0n) is 11.7. The van der Waals surface area contributed by atoms with Crippen LogP contribution in [-0.4, -0.2) is 53.7 Å². The first-order valence-corrected chi connectivity index (χ1v) is 5.81. The Kier molecular flexibility index (Phi) is 4.80. The number of hydrogen-bond donors (Lipinski definition) is 0. The predicted molar refractivity (Wildman–Crippen MR) is 45.6 cm³/mol. The molecule has 19 heteroatoms. The summed E-state index contributed by atoms with van der Waals surface area (Å²) in [4.78, 5) is 0. The van der Waals surface area contributed by atoms with Crippen LogP contribution in [0.5, 0.6) is 0 Å². The van der Waals surface area contributed by atoms with Crippen LogP contribution in [0.2, 0.25) is 0 Å². The number of epoxide rings is 1. The van der Waals surface area contributed by atoms with Gasteiger partial charge in [-0.2, -0.15) is 70.2 Å². The lowest BCUT2D eigenvalue weighted by Gasteiger charge is -2.43. The van der Waals surface area contributed by atoms with Gasteiger partial charge in [0.15, 0.2) is 0 Å². The normalized spacial score (nSPS) is 25.1. The Labute approximate surface area is 139 Å². The Hall–Kier alpha value is -1.30. The molecule has 1 heterocycles. The van der Waals surface area contributed by atoms with Crippen LogP contribution in [0.3, 0.4) is 0 Å². The molecule has 1 fully saturated rings. The van der Waals surface area contributed by atoms with Crippen molar-refractivity contribution in [1.29, 1.82) is 0 Å². The van der Waals surface area contributed by atoms with Crippen molar-refractivity contribution < 1.29 is 83.8 Å². The van der Waals surface area contributed by atoms with Gasteiger partial charge in [-0.25, -0.2) is 8.78 Å². The van der Waals surface area contributed by atoms with Crippen molar-refractivity contribution in [3.05, 3.63) is 0 Å². The summed E-state index contributed by atoms with van der Waals surface area (Å²) in [6.07, 6.45) is -40.4. The molecule has 168 valence electrons. The molecule has 0 saturated carbocycles. The van der Waals surface area contributed by atoms with Gasteiger partial charge >= 0.3 is 48.1 Å². The maximum absolute atomic E-state index is 13.9. The minimum atomic E-state index is -8.46. The maximum Gasteiger partial charge on any atom is 0.451 e. The molecule has 0 radical (unpaired) electrons. The lowest BCUT2D eigenvalue weighted by molar-refractivity contribution is -0.423. The molecule has 1 nitrogen and oxygen atoms in total. The third kappa shape index (κ3) is 2.49. The molecule has 1 atom stereocenters. The van der Waals surface area contributed by atoms with Gasteiger partial charge in [0, 0.05) is 0 Å². The van der Waals surface area contributed by atoms with Gasteiger partial charge in [0.2, 0.25) is 5.60 Å². The van der Waals surface area contributed by atoms with E-state index in [1.165, 1.54) is 0 Å². The molecule has 0 aromatic carbocycles. The molecule has 0 amide bonds. The smallest absolute Gasteiger partial charge is 0.315 e. The van der Waals surface area contributed by atoms with Crippen LogP contribution in [0.15, 0.2) is 0 Å².